The van der Waals surface area contributed by atoms with Gasteiger partial charge in [0.05, 0.1) is 0 Å². The van der Waals surface area contributed by atoms with Gasteiger partial charge in [-0.05, 0) is 6.42 Å². The first-order valence-corrected chi connectivity index (χ1v) is 4.00. The van der Waals surface area contributed by atoms with Gasteiger partial charge >= 0.3 is 0 Å². The maximum absolute atomic E-state index is 11.1. The second-order valence-corrected chi connectivity index (χ2v) is 3.57. The van der Waals surface area contributed by atoms with E-state index in [1.165, 1.54) is 0 Å². The smallest absolute Gasteiger partial charge is 0.133 e. The number of aldehydes is 1. The lowest BCUT2D eigenvalue weighted by Crippen LogP contribution is -2.18. The molecule has 0 N–H and O–H groups in total. The Kier molecular flexibility index (Phi) is 4.01. The summed E-state index contributed by atoms with van der Waals surface area (Å²) in [5, 5.41) is 0. The average molecular weight is 156 g/mol. The topological polar surface area (TPSA) is 34.1 Å². The van der Waals surface area contributed by atoms with E-state index in [9.17, 15) is 9.59 Å². The van der Waals surface area contributed by atoms with Crippen molar-refractivity contribution in [2.24, 2.45) is 5.41 Å². The van der Waals surface area contributed by atoms with Crippen molar-refractivity contribution in [2.75, 3.05) is 0 Å². The normalized spacial score (nSPS) is 11.2. The van der Waals surface area contributed by atoms with Crippen molar-refractivity contribution in [2.45, 2.75) is 40.0 Å². The number of ketones is 1. The molecule has 0 heterocycles. The summed E-state index contributed by atoms with van der Waals surface area (Å²) in [5.41, 5.74) is -0.466. The van der Waals surface area contributed by atoms with E-state index in [4.69, 9.17) is 0 Å². The molecule has 0 saturated carbocycles. The van der Waals surface area contributed by atoms with Crippen LogP contribution in [0.15, 0.2) is 0 Å². The first-order chi connectivity index (χ1) is 5.02. The monoisotopic (exact) mass is 156 g/mol. The fraction of sp³-hybridized carbons (Fsp3) is 0.778. The molecule has 0 amide bonds. The highest BCUT2D eigenvalue weighted by Gasteiger charge is 2.19. The van der Waals surface area contributed by atoms with E-state index in [1.807, 2.05) is 6.92 Å². The van der Waals surface area contributed by atoms with Crippen molar-refractivity contribution in [1.82, 2.24) is 0 Å². The van der Waals surface area contributed by atoms with Gasteiger partial charge in [-0.2, -0.15) is 0 Å². The highest BCUT2D eigenvalue weighted by Crippen LogP contribution is 2.17. The Morgan fingerprint density at radius 2 is 2.00 bits per heavy atom. The maximum atomic E-state index is 11.1. The van der Waals surface area contributed by atoms with Gasteiger partial charge in [-0.15, -0.1) is 0 Å². The summed E-state index contributed by atoms with van der Waals surface area (Å²) in [6, 6.07) is 0. The summed E-state index contributed by atoms with van der Waals surface area (Å²) in [5.74, 6) is 0.185. The van der Waals surface area contributed by atoms with Crippen LogP contribution >= 0.6 is 0 Å². The summed E-state index contributed by atoms with van der Waals surface area (Å²) in [7, 11) is 0. The van der Waals surface area contributed by atoms with Crippen LogP contribution in [-0.2, 0) is 9.59 Å². The Morgan fingerprint density at radius 1 is 1.45 bits per heavy atom. The molecule has 0 fully saturated rings. The molecule has 0 aliphatic carbocycles. The molecule has 0 bridgehead atoms. The Hall–Kier alpha value is -0.660. The molecule has 0 aliphatic rings. The zero-order valence-corrected chi connectivity index (χ0v) is 7.52. The van der Waals surface area contributed by atoms with Gasteiger partial charge < -0.3 is 4.79 Å². The number of carbonyl (C=O) groups is 2. The van der Waals surface area contributed by atoms with Crippen LogP contribution in [-0.4, -0.2) is 12.1 Å². The standard InChI is InChI=1S/C9H16O2/c1-4-5-8(11)6-9(2,3)7-10/h7H,4-6H2,1-3H3. The molecule has 0 aromatic carbocycles. The first-order valence-electron chi connectivity index (χ1n) is 4.00. The Bertz CT molecular complexity index is 148. The summed E-state index contributed by atoms with van der Waals surface area (Å²) in [6.07, 6.45) is 2.69. The van der Waals surface area contributed by atoms with Gasteiger partial charge in [-0.1, -0.05) is 20.8 Å². The molecule has 64 valence electrons. The summed E-state index contributed by atoms with van der Waals surface area (Å²) in [4.78, 5) is 21.5. The van der Waals surface area contributed by atoms with Gasteiger partial charge in [0.15, 0.2) is 0 Å². The van der Waals surface area contributed by atoms with E-state index in [0.717, 1.165) is 12.7 Å². The van der Waals surface area contributed by atoms with Crippen LogP contribution in [0.3, 0.4) is 0 Å². The van der Waals surface area contributed by atoms with Crippen LogP contribution in [0, 0.1) is 5.41 Å². The molecule has 0 rings (SSSR count). The van der Waals surface area contributed by atoms with Crippen molar-refractivity contribution in [3.8, 4) is 0 Å². The van der Waals surface area contributed by atoms with Gasteiger partial charge in [0, 0.05) is 18.3 Å². The van der Waals surface area contributed by atoms with Gasteiger partial charge in [-0.3, -0.25) is 4.79 Å². The van der Waals surface area contributed by atoms with Gasteiger partial charge in [0.2, 0.25) is 0 Å². The van der Waals surface area contributed by atoms with Crippen molar-refractivity contribution >= 4 is 12.1 Å². The molecule has 0 atom stereocenters. The minimum absolute atomic E-state index is 0.185. The molecule has 11 heavy (non-hydrogen) atoms. The Labute approximate surface area is 68.0 Å². The number of rotatable bonds is 5. The maximum Gasteiger partial charge on any atom is 0.133 e. The van der Waals surface area contributed by atoms with E-state index in [1.54, 1.807) is 13.8 Å². The molecule has 0 saturated heterocycles. The number of carbonyl (C=O) groups excluding carboxylic acids is 2. The van der Waals surface area contributed by atoms with Crippen LogP contribution in [0.4, 0.5) is 0 Å². The van der Waals surface area contributed by atoms with Gasteiger partial charge in [-0.25, -0.2) is 0 Å². The average Bonchev–Trinajstić information content (AvgIpc) is 1.87. The van der Waals surface area contributed by atoms with Crippen LogP contribution < -0.4 is 0 Å². The van der Waals surface area contributed by atoms with Crippen molar-refractivity contribution in [3.05, 3.63) is 0 Å². The molecule has 2 heteroatoms. The molecule has 2 nitrogen and oxygen atoms in total. The summed E-state index contributed by atoms with van der Waals surface area (Å²) >= 11 is 0. The second kappa shape index (κ2) is 4.27. The highest BCUT2D eigenvalue weighted by atomic mass is 16.1. The predicted molar refractivity (Wildman–Crippen MR) is 44.4 cm³/mol. The molecule has 0 unspecified atom stereocenters. The van der Waals surface area contributed by atoms with E-state index < -0.39 is 5.41 Å². The zero-order chi connectivity index (χ0) is 8.91. The molecule has 0 aliphatic heterocycles. The Balaban J connectivity index is 3.83. The summed E-state index contributed by atoms with van der Waals surface area (Å²) < 4.78 is 0. The van der Waals surface area contributed by atoms with Crippen LogP contribution in [0.1, 0.15) is 40.0 Å². The lowest BCUT2D eigenvalue weighted by Gasteiger charge is -2.14. The SMILES string of the molecule is CCCC(=O)CC(C)(C)C=O. The third-order valence-electron chi connectivity index (χ3n) is 1.50. The lowest BCUT2D eigenvalue weighted by molar-refractivity contribution is -0.125. The van der Waals surface area contributed by atoms with E-state index in [2.05, 4.69) is 0 Å². The molecule has 0 aromatic rings. The molecule has 0 aromatic heterocycles. The fourth-order valence-corrected chi connectivity index (χ4v) is 0.917. The first kappa shape index (κ1) is 10.3. The fourth-order valence-electron chi connectivity index (χ4n) is 0.917. The third-order valence-corrected chi connectivity index (χ3v) is 1.50. The molecular weight excluding hydrogens is 140 g/mol. The largest absolute Gasteiger partial charge is 0.303 e. The molecular formula is C9H16O2. The molecule has 0 spiro atoms. The number of Topliss-reactive ketones (excluding diaryl/α,β-unsaturated/α-hetero) is 1. The van der Waals surface area contributed by atoms with E-state index in [0.29, 0.717) is 12.8 Å². The van der Waals surface area contributed by atoms with Crippen LogP contribution in [0.25, 0.3) is 0 Å². The predicted octanol–water partition coefficient (Wildman–Crippen LogP) is 1.97. The van der Waals surface area contributed by atoms with Gasteiger partial charge in [0.1, 0.15) is 12.1 Å². The highest BCUT2D eigenvalue weighted by molar-refractivity contribution is 5.82. The van der Waals surface area contributed by atoms with Crippen molar-refractivity contribution in [3.63, 3.8) is 0 Å². The third kappa shape index (κ3) is 4.71. The minimum Gasteiger partial charge on any atom is -0.303 e. The van der Waals surface area contributed by atoms with E-state index >= 15 is 0 Å². The quantitative estimate of drug-likeness (QED) is 0.570. The Morgan fingerprint density at radius 3 is 2.36 bits per heavy atom. The van der Waals surface area contributed by atoms with Crippen LogP contribution in [0.5, 0.6) is 0 Å². The van der Waals surface area contributed by atoms with Crippen LogP contribution in [0.2, 0.25) is 0 Å². The van der Waals surface area contributed by atoms with E-state index in [-0.39, 0.29) is 5.78 Å². The minimum atomic E-state index is -0.466. The lowest BCUT2D eigenvalue weighted by atomic mass is 9.88. The van der Waals surface area contributed by atoms with Crippen molar-refractivity contribution < 1.29 is 9.59 Å². The number of hydrogen-bond donors (Lipinski definition) is 0. The summed E-state index contributed by atoms with van der Waals surface area (Å²) in [6.45, 7) is 5.53. The van der Waals surface area contributed by atoms with Gasteiger partial charge in [0.25, 0.3) is 0 Å². The second-order valence-electron chi connectivity index (χ2n) is 3.57. The number of hydrogen-bond acceptors (Lipinski definition) is 2. The van der Waals surface area contributed by atoms with Crippen molar-refractivity contribution in [1.29, 1.82) is 0 Å². The zero-order valence-electron chi connectivity index (χ0n) is 7.52. The molecule has 0 radical (unpaired) electrons.